The molecule has 0 heterocycles. The summed E-state index contributed by atoms with van der Waals surface area (Å²) in [5.74, 6) is -0.173. The molecule has 0 aromatic heterocycles. The lowest BCUT2D eigenvalue weighted by Gasteiger charge is -2.19. The summed E-state index contributed by atoms with van der Waals surface area (Å²) in [4.78, 5) is 36.0. The van der Waals surface area contributed by atoms with Gasteiger partial charge in [-0.15, -0.1) is 0 Å². The van der Waals surface area contributed by atoms with Crippen molar-refractivity contribution in [2.45, 2.75) is 33.6 Å². The van der Waals surface area contributed by atoms with E-state index in [1.54, 1.807) is 29.2 Å². The Morgan fingerprint density at radius 1 is 1.05 bits per heavy atom. The van der Waals surface area contributed by atoms with E-state index in [2.05, 4.69) is 5.32 Å². The fourth-order valence-electron chi connectivity index (χ4n) is 1.94. The molecule has 0 aliphatic carbocycles. The molecule has 5 nitrogen and oxygen atoms in total. The highest BCUT2D eigenvalue weighted by molar-refractivity contribution is 5.95. The molecule has 0 fully saturated rings. The standard InChI is InChI=1S/C16H22N2O3/c1-4-10-18(13(3)20)11-9-16(21)17-15-7-5-14(6-8-15)12(2)19/h5-8H,4,9-11H2,1-3H3,(H,17,21). The molecule has 21 heavy (non-hydrogen) atoms. The number of Topliss-reactive ketones (excluding diaryl/α,β-unsaturated/α-hetero) is 1. The van der Waals surface area contributed by atoms with E-state index in [4.69, 9.17) is 0 Å². The van der Waals surface area contributed by atoms with Gasteiger partial charge in [0, 0.05) is 37.7 Å². The van der Waals surface area contributed by atoms with Gasteiger partial charge in [0.15, 0.2) is 5.78 Å². The van der Waals surface area contributed by atoms with Gasteiger partial charge in [0.2, 0.25) is 11.8 Å². The average molecular weight is 290 g/mol. The molecule has 0 bridgehead atoms. The summed E-state index contributed by atoms with van der Waals surface area (Å²) in [5, 5.41) is 2.76. The second-order valence-corrected chi connectivity index (χ2v) is 4.94. The van der Waals surface area contributed by atoms with Crippen molar-refractivity contribution < 1.29 is 14.4 Å². The number of carbonyl (C=O) groups is 3. The van der Waals surface area contributed by atoms with Gasteiger partial charge in [0.25, 0.3) is 0 Å². The molecular weight excluding hydrogens is 268 g/mol. The van der Waals surface area contributed by atoms with E-state index < -0.39 is 0 Å². The van der Waals surface area contributed by atoms with E-state index in [9.17, 15) is 14.4 Å². The molecule has 0 spiro atoms. The van der Waals surface area contributed by atoms with Crippen molar-refractivity contribution >= 4 is 23.3 Å². The van der Waals surface area contributed by atoms with Gasteiger partial charge in [-0.3, -0.25) is 14.4 Å². The van der Waals surface area contributed by atoms with Crippen molar-refractivity contribution in [1.82, 2.24) is 4.90 Å². The van der Waals surface area contributed by atoms with Crippen molar-refractivity contribution in [2.75, 3.05) is 18.4 Å². The van der Waals surface area contributed by atoms with Crippen LogP contribution >= 0.6 is 0 Å². The van der Waals surface area contributed by atoms with Gasteiger partial charge in [0.05, 0.1) is 0 Å². The minimum atomic E-state index is -0.145. The van der Waals surface area contributed by atoms with Gasteiger partial charge in [-0.1, -0.05) is 6.92 Å². The van der Waals surface area contributed by atoms with Crippen molar-refractivity contribution in [2.24, 2.45) is 0 Å². The van der Waals surface area contributed by atoms with Crippen LogP contribution in [0.1, 0.15) is 44.0 Å². The average Bonchev–Trinajstić information content (AvgIpc) is 2.43. The van der Waals surface area contributed by atoms with Crippen LogP contribution in [0.25, 0.3) is 0 Å². The molecule has 0 radical (unpaired) electrons. The Labute approximate surface area is 125 Å². The van der Waals surface area contributed by atoms with E-state index in [1.807, 2.05) is 6.92 Å². The molecule has 0 saturated carbocycles. The molecule has 0 aliphatic rings. The van der Waals surface area contributed by atoms with Crippen LogP contribution in [0, 0.1) is 0 Å². The zero-order valence-corrected chi connectivity index (χ0v) is 12.8. The van der Waals surface area contributed by atoms with Gasteiger partial charge in [-0.05, 0) is 37.6 Å². The third-order valence-electron chi connectivity index (χ3n) is 3.12. The Kier molecular flexibility index (Phi) is 6.59. The topological polar surface area (TPSA) is 66.5 Å². The molecule has 0 saturated heterocycles. The van der Waals surface area contributed by atoms with Crippen molar-refractivity contribution in [3.63, 3.8) is 0 Å². The normalized spacial score (nSPS) is 10.0. The van der Waals surface area contributed by atoms with E-state index in [1.165, 1.54) is 13.8 Å². The lowest BCUT2D eigenvalue weighted by molar-refractivity contribution is -0.129. The number of ketones is 1. The third kappa shape index (κ3) is 5.77. The number of anilines is 1. The van der Waals surface area contributed by atoms with Gasteiger partial charge in [-0.25, -0.2) is 0 Å². The van der Waals surface area contributed by atoms with Crippen LogP contribution in [0.15, 0.2) is 24.3 Å². The second kappa shape index (κ2) is 8.19. The number of carbonyl (C=O) groups excluding carboxylic acids is 3. The van der Waals surface area contributed by atoms with Crippen LogP contribution in [-0.4, -0.2) is 35.6 Å². The minimum absolute atomic E-state index is 0.00968. The predicted molar refractivity (Wildman–Crippen MR) is 82.2 cm³/mol. The molecule has 1 aromatic rings. The number of nitrogens with one attached hydrogen (secondary N) is 1. The summed E-state index contributed by atoms with van der Waals surface area (Å²) in [6.07, 6.45) is 1.13. The highest BCUT2D eigenvalue weighted by Crippen LogP contribution is 2.10. The maximum Gasteiger partial charge on any atom is 0.226 e. The molecule has 0 unspecified atom stereocenters. The largest absolute Gasteiger partial charge is 0.342 e. The first-order valence-corrected chi connectivity index (χ1v) is 7.10. The first-order chi connectivity index (χ1) is 9.93. The highest BCUT2D eigenvalue weighted by atomic mass is 16.2. The molecular formula is C16H22N2O3. The van der Waals surface area contributed by atoms with Crippen LogP contribution in [-0.2, 0) is 9.59 Å². The summed E-state index contributed by atoms with van der Waals surface area (Å²) < 4.78 is 0. The number of hydrogen-bond acceptors (Lipinski definition) is 3. The summed E-state index contributed by atoms with van der Waals surface area (Å²) in [6, 6.07) is 6.75. The molecule has 0 atom stereocenters. The number of hydrogen-bond donors (Lipinski definition) is 1. The lowest BCUT2D eigenvalue weighted by atomic mass is 10.1. The molecule has 1 N–H and O–H groups in total. The summed E-state index contributed by atoms with van der Waals surface area (Å²) >= 11 is 0. The summed E-state index contributed by atoms with van der Waals surface area (Å²) in [5.41, 5.74) is 1.26. The monoisotopic (exact) mass is 290 g/mol. The van der Waals surface area contributed by atoms with Crippen LogP contribution < -0.4 is 5.32 Å². The Bertz CT molecular complexity index is 509. The molecule has 1 aromatic carbocycles. The number of nitrogens with zero attached hydrogens (tertiary/aromatic N) is 1. The molecule has 2 amide bonds. The fraction of sp³-hybridized carbons (Fsp3) is 0.438. The number of amides is 2. The number of rotatable bonds is 7. The van der Waals surface area contributed by atoms with Crippen LogP contribution in [0.2, 0.25) is 0 Å². The van der Waals surface area contributed by atoms with Gasteiger partial charge < -0.3 is 10.2 Å². The zero-order chi connectivity index (χ0) is 15.8. The second-order valence-electron chi connectivity index (χ2n) is 4.94. The number of benzene rings is 1. The highest BCUT2D eigenvalue weighted by Gasteiger charge is 2.10. The van der Waals surface area contributed by atoms with Gasteiger partial charge >= 0.3 is 0 Å². The van der Waals surface area contributed by atoms with Gasteiger partial charge in [-0.2, -0.15) is 0 Å². The Hall–Kier alpha value is -2.17. The third-order valence-corrected chi connectivity index (χ3v) is 3.12. The van der Waals surface area contributed by atoms with Crippen LogP contribution in [0.3, 0.4) is 0 Å². The molecule has 1 rings (SSSR count). The quantitative estimate of drug-likeness (QED) is 0.784. The van der Waals surface area contributed by atoms with Crippen molar-refractivity contribution in [3.8, 4) is 0 Å². The smallest absolute Gasteiger partial charge is 0.226 e. The lowest BCUT2D eigenvalue weighted by Crippen LogP contribution is -2.32. The fourth-order valence-corrected chi connectivity index (χ4v) is 1.94. The maximum absolute atomic E-state index is 11.8. The molecule has 114 valence electrons. The first kappa shape index (κ1) is 16.9. The Morgan fingerprint density at radius 2 is 1.67 bits per heavy atom. The minimum Gasteiger partial charge on any atom is -0.342 e. The molecule has 0 aliphatic heterocycles. The van der Waals surface area contributed by atoms with E-state index >= 15 is 0 Å². The summed E-state index contributed by atoms with van der Waals surface area (Å²) in [6.45, 7) is 6.08. The van der Waals surface area contributed by atoms with Crippen LogP contribution in [0.5, 0.6) is 0 Å². The Balaban J connectivity index is 2.49. The predicted octanol–water partition coefficient (Wildman–Crippen LogP) is 2.48. The first-order valence-electron chi connectivity index (χ1n) is 7.10. The zero-order valence-electron chi connectivity index (χ0n) is 12.8. The Morgan fingerprint density at radius 3 is 2.14 bits per heavy atom. The van der Waals surface area contributed by atoms with E-state index in [0.717, 1.165) is 6.42 Å². The SMILES string of the molecule is CCCN(CCC(=O)Nc1ccc(C(C)=O)cc1)C(C)=O. The van der Waals surface area contributed by atoms with Gasteiger partial charge in [0.1, 0.15) is 0 Å². The maximum atomic E-state index is 11.8. The van der Waals surface area contributed by atoms with Crippen molar-refractivity contribution in [3.05, 3.63) is 29.8 Å². The van der Waals surface area contributed by atoms with Crippen LogP contribution in [0.4, 0.5) is 5.69 Å². The van der Waals surface area contributed by atoms with E-state index in [-0.39, 0.29) is 24.0 Å². The van der Waals surface area contributed by atoms with Crippen molar-refractivity contribution in [1.29, 1.82) is 0 Å². The summed E-state index contributed by atoms with van der Waals surface area (Å²) in [7, 11) is 0. The van der Waals surface area contributed by atoms with E-state index in [0.29, 0.717) is 24.3 Å². The molecule has 5 heteroatoms.